The van der Waals surface area contributed by atoms with Crippen molar-refractivity contribution in [2.24, 2.45) is 5.92 Å². The van der Waals surface area contributed by atoms with Crippen molar-refractivity contribution in [3.8, 4) is 0 Å². The van der Waals surface area contributed by atoms with Gasteiger partial charge in [0.2, 0.25) is 5.91 Å². The zero-order chi connectivity index (χ0) is 18.2. The Kier molecular flexibility index (Phi) is 5.69. The lowest BCUT2D eigenvalue weighted by molar-refractivity contribution is -0.135. The molecule has 0 saturated carbocycles. The number of carbonyl (C=O) groups is 1. The zero-order valence-electron chi connectivity index (χ0n) is 15.8. The maximum Gasteiger partial charge on any atom is 0.241 e. The largest absolute Gasteiger partial charge is 0.336 e. The molecule has 0 aliphatic carbocycles. The van der Waals surface area contributed by atoms with E-state index < -0.39 is 0 Å². The number of rotatable bonds is 2. The minimum absolute atomic E-state index is 0. The van der Waals surface area contributed by atoms with Crippen molar-refractivity contribution >= 4 is 18.3 Å². The van der Waals surface area contributed by atoms with Crippen LogP contribution in [0.25, 0.3) is 0 Å². The summed E-state index contributed by atoms with van der Waals surface area (Å²) in [7, 11) is 0. The third kappa shape index (κ3) is 3.44. The first-order valence-electron chi connectivity index (χ1n) is 9.94. The molecule has 3 heterocycles. The maximum absolute atomic E-state index is 13.4. The second-order valence-electron chi connectivity index (χ2n) is 7.91. The molecular formula is C22H27ClN4O. The predicted octanol–water partition coefficient (Wildman–Crippen LogP) is 2.04. The van der Waals surface area contributed by atoms with Crippen LogP contribution in [0.1, 0.15) is 29.0 Å². The van der Waals surface area contributed by atoms with Gasteiger partial charge >= 0.3 is 0 Å². The highest BCUT2D eigenvalue weighted by atomic mass is 35.5. The van der Waals surface area contributed by atoms with Crippen LogP contribution in [0.2, 0.25) is 0 Å². The predicted molar refractivity (Wildman–Crippen MR) is 112 cm³/mol. The van der Waals surface area contributed by atoms with E-state index in [4.69, 9.17) is 0 Å². The minimum Gasteiger partial charge on any atom is -0.336 e. The number of fused-ring (bicyclic) bond motifs is 2. The Morgan fingerprint density at radius 3 is 2.64 bits per heavy atom. The first-order chi connectivity index (χ1) is 13.3. The van der Waals surface area contributed by atoms with Crippen molar-refractivity contribution < 1.29 is 4.79 Å². The second kappa shape index (κ2) is 8.21. The van der Waals surface area contributed by atoms with E-state index in [0.29, 0.717) is 18.5 Å². The Balaban J connectivity index is 0.00000192. The summed E-state index contributed by atoms with van der Waals surface area (Å²) >= 11 is 0. The molecule has 2 saturated heterocycles. The van der Waals surface area contributed by atoms with Crippen LogP contribution >= 0.6 is 12.4 Å². The van der Waals surface area contributed by atoms with E-state index in [1.807, 2.05) is 6.07 Å². The minimum atomic E-state index is -0.149. The Hall–Kier alpha value is -1.92. The molecule has 2 fully saturated rings. The van der Waals surface area contributed by atoms with Crippen molar-refractivity contribution in [2.45, 2.75) is 31.0 Å². The van der Waals surface area contributed by atoms with E-state index in [2.05, 4.69) is 69.6 Å². The lowest BCUT2D eigenvalue weighted by Crippen LogP contribution is -2.52. The Morgan fingerprint density at radius 2 is 1.79 bits per heavy atom. The second-order valence-corrected chi connectivity index (χ2v) is 7.91. The van der Waals surface area contributed by atoms with Crippen LogP contribution in [0.15, 0.2) is 54.6 Å². The Bertz CT molecular complexity index is 830. The highest BCUT2D eigenvalue weighted by Gasteiger charge is 2.43. The fourth-order valence-electron chi connectivity index (χ4n) is 4.90. The van der Waals surface area contributed by atoms with Gasteiger partial charge < -0.3 is 10.2 Å². The van der Waals surface area contributed by atoms with Crippen LogP contribution in [-0.2, 0) is 11.3 Å². The molecule has 4 unspecified atom stereocenters. The molecule has 0 spiro atoms. The standard InChI is InChI=1S/C22H26N4O.ClH/c27-22(21-18-12-23-11-10-20(18)24-25-21)26-13-16-8-4-5-9-17(16)19(14-26)15-6-2-1-3-7-15;/h1-9,18-21,23-25H,10-14H2;1H. The summed E-state index contributed by atoms with van der Waals surface area (Å²) in [6.07, 6.45) is 1.07. The van der Waals surface area contributed by atoms with Gasteiger partial charge in [-0.2, -0.15) is 0 Å². The van der Waals surface area contributed by atoms with Gasteiger partial charge in [0.05, 0.1) is 0 Å². The summed E-state index contributed by atoms with van der Waals surface area (Å²) in [6, 6.07) is 19.4. The van der Waals surface area contributed by atoms with Crippen molar-refractivity contribution in [1.29, 1.82) is 0 Å². The molecule has 0 aromatic heterocycles. The zero-order valence-corrected chi connectivity index (χ0v) is 16.6. The van der Waals surface area contributed by atoms with Crippen LogP contribution in [0.5, 0.6) is 0 Å². The van der Waals surface area contributed by atoms with Gasteiger partial charge in [-0.05, 0) is 29.7 Å². The van der Waals surface area contributed by atoms with Gasteiger partial charge in [0, 0.05) is 37.5 Å². The number of amides is 1. The lowest BCUT2D eigenvalue weighted by atomic mass is 9.83. The van der Waals surface area contributed by atoms with Crippen LogP contribution in [0, 0.1) is 5.92 Å². The van der Waals surface area contributed by atoms with Crippen molar-refractivity contribution in [2.75, 3.05) is 19.6 Å². The highest BCUT2D eigenvalue weighted by Crippen LogP contribution is 2.34. The molecule has 148 valence electrons. The van der Waals surface area contributed by atoms with E-state index in [0.717, 1.165) is 26.1 Å². The SMILES string of the molecule is Cl.O=C(C1NNC2CCNCC21)N1Cc2ccccc2C(c2ccccc2)C1. The van der Waals surface area contributed by atoms with Gasteiger partial charge in [-0.15, -0.1) is 12.4 Å². The Labute approximate surface area is 172 Å². The topological polar surface area (TPSA) is 56.4 Å². The number of hydrazine groups is 1. The monoisotopic (exact) mass is 398 g/mol. The normalized spacial score (nSPS) is 28.8. The number of halogens is 1. The molecule has 5 rings (SSSR count). The molecule has 0 radical (unpaired) electrons. The number of hydrogen-bond donors (Lipinski definition) is 3. The summed E-state index contributed by atoms with van der Waals surface area (Å²) in [5, 5.41) is 3.44. The number of nitrogens with zero attached hydrogens (tertiary/aromatic N) is 1. The van der Waals surface area contributed by atoms with Crippen LogP contribution in [0.4, 0.5) is 0 Å². The van der Waals surface area contributed by atoms with Crippen LogP contribution in [0.3, 0.4) is 0 Å². The van der Waals surface area contributed by atoms with Gasteiger partial charge in [-0.1, -0.05) is 54.6 Å². The van der Waals surface area contributed by atoms with E-state index in [9.17, 15) is 4.79 Å². The molecule has 6 heteroatoms. The first kappa shape index (κ1) is 19.4. The number of piperidine rings is 1. The summed E-state index contributed by atoms with van der Waals surface area (Å²) < 4.78 is 0. The number of benzene rings is 2. The average Bonchev–Trinajstić information content (AvgIpc) is 3.17. The smallest absolute Gasteiger partial charge is 0.241 e. The fraction of sp³-hybridized carbons (Fsp3) is 0.409. The molecule has 3 aliphatic rings. The fourth-order valence-corrected chi connectivity index (χ4v) is 4.90. The highest BCUT2D eigenvalue weighted by molar-refractivity contribution is 5.85. The Morgan fingerprint density at radius 1 is 1.00 bits per heavy atom. The van der Waals surface area contributed by atoms with E-state index in [1.165, 1.54) is 16.7 Å². The molecule has 0 bridgehead atoms. The maximum atomic E-state index is 13.4. The number of carbonyl (C=O) groups excluding carboxylic acids is 1. The van der Waals surface area contributed by atoms with Crippen molar-refractivity contribution in [1.82, 2.24) is 21.1 Å². The summed E-state index contributed by atoms with van der Waals surface area (Å²) in [5.41, 5.74) is 10.5. The van der Waals surface area contributed by atoms with Gasteiger partial charge in [0.25, 0.3) is 0 Å². The molecule has 3 aliphatic heterocycles. The average molecular weight is 399 g/mol. The van der Waals surface area contributed by atoms with Gasteiger partial charge in [-0.25, -0.2) is 5.43 Å². The van der Waals surface area contributed by atoms with E-state index in [-0.39, 0.29) is 30.3 Å². The van der Waals surface area contributed by atoms with Gasteiger partial charge in [0.1, 0.15) is 6.04 Å². The van der Waals surface area contributed by atoms with Crippen molar-refractivity contribution in [3.05, 3.63) is 71.3 Å². The van der Waals surface area contributed by atoms with Gasteiger partial charge in [-0.3, -0.25) is 10.2 Å². The molecule has 2 aromatic carbocycles. The van der Waals surface area contributed by atoms with E-state index in [1.54, 1.807) is 0 Å². The number of nitrogens with one attached hydrogen (secondary N) is 3. The summed E-state index contributed by atoms with van der Waals surface area (Å²) in [4.78, 5) is 15.5. The van der Waals surface area contributed by atoms with Crippen molar-refractivity contribution in [3.63, 3.8) is 0 Å². The third-order valence-electron chi connectivity index (χ3n) is 6.36. The van der Waals surface area contributed by atoms with Crippen LogP contribution < -0.4 is 16.2 Å². The quantitative estimate of drug-likeness (QED) is 0.724. The first-order valence-corrected chi connectivity index (χ1v) is 9.94. The summed E-state index contributed by atoms with van der Waals surface area (Å²) in [5.74, 6) is 0.766. The number of hydrogen-bond acceptors (Lipinski definition) is 4. The molecule has 4 atom stereocenters. The van der Waals surface area contributed by atoms with E-state index >= 15 is 0 Å². The molecule has 3 N–H and O–H groups in total. The third-order valence-corrected chi connectivity index (χ3v) is 6.36. The van der Waals surface area contributed by atoms with Crippen LogP contribution in [-0.4, -0.2) is 42.5 Å². The molecule has 5 nitrogen and oxygen atoms in total. The van der Waals surface area contributed by atoms with Gasteiger partial charge in [0.15, 0.2) is 0 Å². The molecule has 28 heavy (non-hydrogen) atoms. The molecule has 2 aromatic rings. The molecule has 1 amide bonds. The molecular weight excluding hydrogens is 372 g/mol. The lowest BCUT2D eigenvalue weighted by Gasteiger charge is -2.37. The summed E-state index contributed by atoms with van der Waals surface area (Å²) in [6.45, 7) is 3.35.